The van der Waals surface area contributed by atoms with Crippen LogP contribution in [0.3, 0.4) is 0 Å². The van der Waals surface area contributed by atoms with E-state index in [0.717, 1.165) is 36.2 Å². The standard InChI is InChI=1S/C16H22BrN5O2/c1-10(2)14-20-16(24-21-14)22-6-4-12(5-7-22)11(3)23-15-18-8-13(17)9-19-15/h8-12H,4-7H2,1-3H3/t11-/m0/s1. The highest BCUT2D eigenvalue weighted by molar-refractivity contribution is 9.10. The van der Waals surface area contributed by atoms with Gasteiger partial charge in [0.25, 0.3) is 0 Å². The van der Waals surface area contributed by atoms with Gasteiger partial charge in [-0.05, 0) is 41.6 Å². The Kier molecular flexibility index (Phi) is 5.33. The molecule has 7 nitrogen and oxygen atoms in total. The predicted molar refractivity (Wildman–Crippen MR) is 93.1 cm³/mol. The fourth-order valence-electron chi connectivity index (χ4n) is 2.77. The molecule has 3 heterocycles. The minimum atomic E-state index is 0.0715. The smallest absolute Gasteiger partial charge is 0.324 e. The molecule has 3 rings (SSSR count). The van der Waals surface area contributed by atoms with E-state index < -0.39 is 0 Å². The number of hydrogen-bond acceptors (Lipinski definition) is 7. The van der Waals surface area contributed by atoms with E-state index in [1.54, 1.807) is 12.4 Å². The lowest BCUT2D eigenvalue weighted by atomic mass is 9.92. The first-order chi connectivity index (χ1) is 11.5. The summed E-state index contributed by atoms with van der Waals surface area (Å²) in [5.74, 6) is 1.50. The highest BCUT2D eigenvalue weighted by Gasteiger charge is 2.28. The van der Waals surface area contributed by atoms with Gasteiger partial charge in [-0.15, -0.1) is 0 Å². The zero-order valence-corrected chi connectivity index (χ0v) is 15.7. The number of ether oxygens (including phenoxy) is 1. The largest absolute Gasteiger partial charge is 0.460 e. The van der Waals surface area contributed by atoms with Gasteiger partial charge in [0.05, 0.1) is 4.47 Å². The van der Waals surface area contributed by atoms with Gasteiger partial charge in [0.2, 0.25) is 0 Å². The fourth-order valence-corrected chi connectivity index (χ4v) is 2.98. The minimum absolute atomic E-state index is 0.0715. The van der Waals surface area contributed by atoms with Crippen LogP contribution in [0.5, 0.6) is 6.01 Å². The van der Waals surface area contributed by atoms with Crippen LogP contribution in [-0.4, -0.2) is 39.3 Å². The normalized spacial score (nSPS) is 17.3. The third-order valence-electron chi connectivity index (χ3n) is 4.31. The number of halogens is 1. The summed E-state index contributed by atoms with van der Waals surface area (Å²) in [6.45, 7) is 7.97. The maximum absolute atomic E-state index is 5.87. The summed E-state index contributed by atoms with van der Waals surface area (Å²) < 4.78 is 12.1. The molecular formula is C16H22BrN5O2. The zero-order chi connectivity index (χ0) is 17.1. The van der Waals surface area contributed by atoms with Gasteiger partial charge in [0.15, 0.2) is 5.82 Å². The second kappa shape index (κ2) is 7.46. The molecule has 1 aliphatic heterocycles. The third kappa shape index (κ3) is 4.03. The average molecular weight is 396 g/mol. The van der Waals surface area contributed by atoms with Crippen LogP contribution in [-0.2, 0) is 0 Å². The lowest BCUT2D eigenvalue weighted by Crippen LogP contribution is -2.39. The van der Waals surface area contributed by atoms with Crippen molar-refractivity contribution in [2.45, 2.75) is 45.6 Å². The predicted octanol–water partition coefficient (Wildman–Crippen LogP) is 3.43. The van der Waals surface area contributed by atoms with Gasteiger partial charge in [0.1, 0.15) is 6.10 Å². The summed E-state index contributed by atoms with van der Waals surface area (Å²) in [5.41, 5.74) is 0. The van der Waals surface area contributed by atoms with Gasteiger partial charge in [-0.1, -0.05) is 19.0 Å². The number of hydrogen-bond donors (Lipinski definition) is 0. The van der Waals surface area contributed by atoms with Crippen molar-refractivity contribution in [2.24, 2.45) is 5.92 Å². The Morgan fingerprint density at radius 1 is 1.21 bits per heavy atom. The summed E-state index contributed by atoms with van der Waals surface area (Å²) in [5, 5.41) is 4.04. The van der Waals surface area contributed by atoms with E-state index in [-0.39, 0.29) is 12.0 Å². The van der Waals surface area contributed by atoms with Crippen molar-refractivity contribution in [2.75, 3.05) is 18.0 Å². The van der Waals surface area contributed by atoms with Crippen LogP contribution in [0.2, 0.25) is 0 Å². The average Bonchev–Trinajstić information content (AvgIpc) is 3.07. The number of nitrogens with zero attached hydrogens (tertiary/aromatic N) is 5. The molecule has 0 saturated carbocycles. The first-order valence-electron chi connectivity index (χ1n) is 8.25. The van der Waals surface area contributed by atoms with E-state index in [4.69, 9.17) is 9.26 Å². The molecule has 1 saturated heterocycles. The first-order valence-corrected chi connectivity index (χ1v) is 9.05. The van der Waals surface area contributed by atoms with Crippen molar-refractivity contribution in [1.82, 2.24) is 20.1 Å². The monoisotopic (exact) mass is 395 g/mol. The van der Waals surface area contributed by atoms with Crippen molar-refractivity contribution in [3.63, 3.8) is 0 Å². The Bertz CT molecular complexity index is 653. The molecule has 8 heteroatoms. The van der Waals surface area contributed by atoms with E-state index >= 15 is 0 Å². The molecule has 2 aromatic heterocycles. The number of aromatic nitrogens is 4. The van der Waals surface area contributed by atoms with Crippen LogP contribution >= 0.6 is 15.9 Å². The molecule has 24 heavy (non-hydrogen) atoms. The van der Waals surface area contributed by atoms with Crippen LogP contribution in [0.15, 0.2) is 21.4 Å². The second-order valence-corrected chi connectivity index (χ2v) is 7.34. The molecule has 0 unspecified atom stereocenters. The van der Waals surface area contributed by atoms with E-state index in [1.165, 1.54) is 0 Å². The van der Waals surface area contributed by atoms with E-state index in [1.807, 2.05) is 0 Å². The van der Waals surface area contributed by atoms with Crippen molar-refractivity contribution in [1.29, 1.82) is 0 Å². The van der Waals surface area contributed by atoms with E-state index in [0.29, 0.717) is 17.9 Å². The minimum Gasteiger partial charge on any atom is -0.460 e. The Morgan fingerprint density at radius 3 is 2.46 bits per heavy atom. The van der Waals surface area contributed by atoms with Crippen LogP contribution < -0.4 is 9.64 Å². The second-order valence-electron chi connectivity index (χ2n) is 6.42. The summed E-state index contributed by atoms with van der Waals surface area (Å²) >= 11 is 3.32. The number of anilines is 1. The molecule has 2 aromatic rings. The van der Waals surface area contributed by atoms with Crippen LogP contribution in [0.4, 0.5) is 6.01 Å². The van der Waals surface area contributed by atoms with Gasteiger partial charge in [-0.3, -0.25) is 0 Å². The molecule has 1 aliphatic rings. The van der Waals surface area contributed by atoms with Crippen molar-refractivity contribution >= 4 is 21.9 Å². The fraction of sp³-hybridized carbons (Fsp3) is 0.625. The molecule has 0 aliphatic carbocycles. The van der Waals surface area contributed by atoms with Gasteiger partial charge in [-0.25, -0.2) is 9.97 Å². The van der Waals surface area contributed by atoms with Gasteiger partial charge in [-0.2, -0.15) is 4.98 Å². The summed E-state index contributed by atoms with van der Waals surface area (Å²) in [6, 6.07) is 1.05. The molecule has 130 valence electrons. The Balaban J connectivity index is 1.53. The maximum atomic E-state index is 5.87. The van der Waals surface area contributed by atoms with Crippen LogP contribution in [0, 0.1) is 5.92 Å². The summed E-state index contributed by atoms with van der Waals surface area (Å²) in [7, 11) is 0. The Morgan fingerprint density at radius 2 is 1.88 bits per heavy atom. The SMILES string of the molecule is CC(C)c1noc(N2CCC([C@H](C)Oc3ncc(Br)cn3)CC2)n1. The molecule has 1 atom stereocenters. The Labute approximate surface area is 149 Å². The van der Waals surface area contributed by atoms with Gasteiger partial charge < -0.3 is 14.2 Å². The van der Waals surface area contributed by atoms with Crippen molar-refractivity contribution < 1.29 is 9.26 Å². The molecule has 0 N–H and O–H groups in total. The molecule has 1 fully saturated rings. The molecule has 0 bridgehead atoms. The number of rotatable bonds is 5. The molecular weight excluding hydrogens is 374 g/mol. The maximum Gasteiger partial charge on any atom is 0.324 e. The van der Waals surface area contributed by atoms with E-state index in [9.17, 15) is 0 Å². The highest BCUT2D eigenvalue weighted by atomic mass is 79.9. The molecule has 0 aromatic carbocycles. The Hall–Kier alpha value is -1.70. The van der Waals surface area contributed by atoms with Gasteiger partial charge in [0, 0.05) is 31.4 Å². The van der Waals surface area contributed by atoms with Gasteiger partial charge >= 0.3 is 12.0 Å². The van der Waals surface area contributed by atoms with Crippen molar-refractivity contribution in [3.8, 4) is 6.01 Å². The lowest BCUT2D eigenvalue weighted by molar-refractivity contribution is 0.120. The first kappa shape index (κ1) is 17.1. The quantitative estimate of drug-likeness (QED) is 0.766. The zero-order valence-electron chi connectivity index (χ0n) is 14.1. The molecule has 0 radical (unpaired) electrons. The van der Waals surface area contributed by atoms with Crippen molar-refractivity contribution in [3.05, 3.63) is 22.7 Å². The topological polar surface area (TPSA) is 77.2 Å². The van der Waals surface area contributed by atoms with Crippen LogP contribution in [0.1, 0.15) is 45.4 Å². The third-order valence-corrected chi connectivity index (χ3v) is 4.72. The summed E-state index contributed by atoms with van der Waals surface area (Å²) in [6.07, 6.45) is 5.48. The van der Waals surface area contributed by atoms with E-state index in [2.05, 4.69) is 61.7 Å². The highest BCUT2D eigenvalue weighted by Crippen LogP contribution is 2.26. The van der Waals surface area contributed by atoms with Crippen LogP contribution in [0.25, 0.3) is 0 Å². The molecule has 0 amide bonds. The summed E-state index contributed by atoms with van der Waals surface area (Å²) in [4.78, 5) is 15.0. The number of piperidine rings is 1. The molecule has 0 spiro atoms. The lowest BCUT2D eigenvalue weighted by Gasteiger charge is -2.33.